The first kappa shape index (κ1) is 19.0. The Morgan fingerprint density at radius 3 is 2.41 bits per heavy atom. The van der Waals surface area contributed by atoms with Gasteiger partial charge in [-0.05, 0) is 53.9 Å². The molecule has 0 unspecified atom stereocenters. The lowest BCUT2D eigenvalue weighted by atomic mass is 10.0. The van der Waals surface area contributed by atoms with Crippen molar-refractivity contribution in [1.29, 1.82) is 0 Å². The summed E-state index contributed by atoms with van der Waals surface area (Å²) < 4.78 is 47.4. The van der Waals surface area contributed by atoms with Crippen LogP contribution < -0.4 is 14.9 Å². The topological polar surface area (TPSA) is 55.2 Å². The Morgan fingerprint density at radius 1 is 1.00 bits per heavy atom. The van der Waals surface area contributed by atoms with Gasteiger partial charge in [0, 0.05) is 11.1 Å². The molecule has 0 fully saturated rings. The highest BCUT2D eigenvalue weighted by molar-refractivity contribution is 7.12. The van der Waals surface area contributed by atoms with Crippen molar-refractivity contribution in [3.8, 4) is 11.5 Å². The van der Waals surface area contributed by atoms with Gasteiger partial charge in [0.15, 0.2) is 5.84 Å². The maximum Gasteiger partial charge on any atom is 0.573 e. The molecule has 1 aliphatic rings. The molecule has 1 aromatic heterocycles. The molecule has 9 heteroatoms. The minimum absolute atomic E-state index is 0.341. The number of hydrogen-bond donors (Lipinski definition) is 1. The van der Waals surface area contributed by atoms with Crippen LogP contribution >= 0.6 is 11.3 Å². The number of nitrogens with one attached hydrogen (secondary N) is 1. The molecule has 0 saturated heterocycles. The summed E-state index contributed by atoms with van der Waals surface area (Å²) in [5.74, 6) is 0.822. The van der Waals surface area contributed by atoms with Gasteiger partial charge in [0.2, 0.25) is 0 Å². The average molecular weight is 417 g/mol. The lowest BCUT2D eigenvalue weighted by molar-refractivity contribution is -0.274. The fourth-order valence-electron chi connectivity index (χ4n) is 2.81. The highest BCUT2D eigenvalue weighted by Crippen LogP contribution is 2.32. The van der Waals surface area contributed by atoms with Crippen LogP contribution in [0.2, 0.25) is 0 Å². The predicted molar refractivity (Wildman–Crippen MR) is 105 cm³/mol. The van der Waals surface area contributed by atoms with E-state index in [9.17, 15) is 13.2 Å². The minimum atomic E-state index is -4.79. The summed E-state index contributed by atoms with van der Waals surface area (Å²) in [7, 11) is 1.55. The highest BCUT2D eigenvalue weighted by Gasteiger charge is 2.31. The molecule has 1 N–H and O–H groups in total. The largest absolute Gasteiger partial charge is 0.573 e. The van der Waals surface area contributed by atoms with E-state index in [4.69, 9.17) is 4.74 Å². The summed E-state index contributed by atoms with van der Waals surface area (Å²) in [5, 5.41) is 6.33. The first-order valence-corrected chi connectivity index (χ1v) is 9.32. The Hall–Kier alpha value is -3.33. The van der Waals surface area contributed by atoms with E-state index in [0.29, 0.717) is 34.1 Å². The number of ether oxygens (including phenoxy) is 2. The van der Waals surface area contributed by atoms with E-state index in [1.807, 2.05) is 17.5 Å². The summed E-state index contributed by atoms with van der Waals surface area (Å²) >= 11 is 1.47. The van der Waals surface area contributed by atoms with Crippen molar-refractivity contribution >= 4 is 28.6 Å². The zero-order valence-corrected chi connectivity index (χ0v) is 15.8. The Bertz CT molecular complexity index is 1080. The third-order valence-corrected chi connectivity index (χ3v) is 4.96. The monoisotopic (exact) mass is 417 g/mol. The number of thiophene rings is 1. The number of amidine groups is 1. The number of hydrogen-bond acceptors (Lipinski definition) is 6. The van der Waals surface area contributed by atoms with Gasteiger partial charge < -0.3 is 9.47 Å². The van der Waals surface area contributed by atoms with E-state index in [0.717, 1.165) is 4.88 Å². The van der Waals surface area contributed by atoms with Crippen molar-refractivity contribution in [2.24, 2.45) is 10.1 Å². The number of alkyl halides is 3. The normalized spacial score (nSPS) is 13.5. The zero-order valence-electron chi connectivity index (χ0n) is 15.0. The van der Waals surface area contributed by atoms with Crippen LogP contribution in [0.25, 0.3) is 0 Å². The number of halogens is 3. The van der Waals surface area contributed by atoms with E-state index in [2.05, 4.69) is 20.3 Å². The van der Waals surface area contributed by atoms with E-state index in [1.54, 1.807) is 31.4 Å². The van der Waals surface area contributed by atoms with Gasteiger partial charge in [0.25, 0.3) is 0 Å². The molecule has 2 aromatic carbocycles. The lowest BCUT2D eigenvalue weighted by Gasteiger charge is -2.12. The molecule has 5 nitrogen and oxygen atoms in total. The second kappa shape index (κ2) is 7.59. The molecule has 0 aliphatic carbocycles. The van der Waals surface area contributed by atoms with Crippen molar-refractivity contribution in [3.05, 3.63) is 76.0 Å². The van der Waals surface area contributed by atoms with Gasteiger partial charge in [-0.25, -0.2) is 4.99 Å². The van der Waals surface area contributed by atoms with Crippen LogP contribution in [0.3, 0.4) is 0 Å². The fraction of sp³-hybridized carbons (Fsp3) is 0.100. The van der Waals surface area contributed by atoms with Crippen molar-refractivity contribution in [2.45, 2.75) is 6.36 Å². The number of nitrogens with zero attached hydrogens (tertiary/aromatic N) is 2. The van der Waals surface area contributed by atoms with Gasteiger partial charge in [-0.2, -0.15) is 5.10 Å². The standard InChI is InChI=1S/C20H14F3N3O2S/c1-27-13-6-4-12(5-7-13)18-15-11-14(28-20(21,22)23)8-9-16(15)24-19(26-25-18)17-3-2-10-29-17/h2-11H,1H3,(H,24,26). The van der Waals surface area contributed by atoms with Gasteiger partial charge in [-0.15, -0.1) is 24.5 Å². The molecule has 2 heterocycles. The second-order valence-corrected chi connectivity index (χ2v) is 6.91. The maximum absolute atomic E-state index is 12.7. The minimum Gasteiger partial charge on any atom is -0.497 e. The van der Waals surface area contributed by atoms with Crippen LogP contribution in [0, 0.1) is 0 Å². The van der Waals surface area contributed by atoms with Crippen LogP contribution in [0.1, 0.15) is 16.0 Å². The number of benzene rings is 2. The van der Waals surface area contributed by atoms with Crippen molar-refractivity contribution in [2.75, 3.05) is 7.11 Å². The number of rotatable bonds is 4. The predicted octanol–water partition coefficient (Wildman–Crippen LogP) is 5.09. The smallest absolute Gasteiger partial charge is 0.497 e. The van der Waals surface area contributed by atoms with E-state index in [-0.39, 0.29) is 5.75 Å². The van der Waals surface area contributed by atoms with Crippen molar-refractivity contribution < 1.29 is 22.6 Å². The number of methoxy groups -OCH3 is 1. The van der Waals surface area contributed by atoms with Crippen LogP contribution in [0.15, 0.2) is 70.1 Å². The fourth-order valence-corrected chi connectivity index (χ4v) is 3.47. The molecule has 0 bridgehead atoms. The molecule has 0 saturated carbocycles. The Balaban J connectivity index is 1.83. The quantitative estimate of drug-likeness (QED) is 0.643. The molecule has 0 amide bonds. The first-order chi connectivity index (χ1) is 13.9. The third kappa shape index (κ3) is 4.24. The van der Waals surface area contributed by atoms with E-state index < -0.39 is 6.36 Å². The molecule has 29 heavy (non-hydrogen) atoms. The van der Waals surface area contributed by atoms with Crippen LogP contribution in [0.4, 0.5) is 18.9 Å². The molecule has 1 aliphatic heterocycles. The van der Waals surface area contributed by atoms with Gasteiger partial charge >= 0.3 is 6.36 Å². The van der Waals surface area contributed by atoms with Crippen molar-refractivity contribution in [1.82, 2.24) is 5.43 Å². The molecule has 0 radical (unpaired) electrons. The highest BCUT2D eigenvalue weighted by atomic mass is 32.1. The summed E-state index contributed by atoms with van der Waals surface area (Å²) in [5.41, 5.74) is 4.94. The maximum atomic E-state index is 12.7. The number of hydrazone groups is 1. The third-order valence-electron chi connectivity index (χ3n) is 4.08. The second-order valence-electron chi connectivity index (χ2n) is 5.97. The number of fused-ring (bicyclic) bond motifs is 1. The molecule has 4 rings (SSSR count). The van der Waals surface area contributed by atoms with Crippen LogP contribution in [0.5, 0.6) is 11.5 Å². The molecular weight excluding hydrogens is 403 g/mol. The van der Waals surface area contributed by atoms with Crippen LogP contribution in [-0.4, -0.2) is 25.0 Å². The van der Waals surface area contributed by atoms with E-state index in [1.165, 1.54) is 29.5 Å². The Morgan fingerprint density at radius 2 is 1.76 bits per heavy atom. The average Bonchev–Trinajstić information content (AvgIpc) is 3.16. The van der Waals surface area contributed by atoms with E-state index >= 15 is 0 Å². The summed E-state index contributed by atoms with van der Waals surface area (Å²) in [6.07, 6.45) is -4.79. The summed E-state index contributed by atoms with van der Waals surface area (Å²) in [6.45, 7) is 0. The lowest BCUT2D eigenvalue weighted by Crippen LogP contribution is -2.19. The summed E-state index contributed by atoms with van der Waals surface area (Å²) in [6, 6.07) is 14.8. The van der Waals surface area contributed by atoms with Gasteiger partial charge in [0.1, 0.15) is 17.2 Å². The number of aliphatic imine (C=N–C) groups is 1. The Labute approximate surface area is 168 Å². The van der Waals surface area contributed by atoms with Gasteiger partial charge in [-0.3, -0.25) is 5.43 Å². The zero-order chi connectivity index (χ0) is 20.4. The SMILES string of the molecule is COc1ccc(C2=NNC(c3cccs3)=Nc3ccc(OC(F)(F)F)cc32)cc1. The Kier molecular flexibility index (Phi) is 4.98. The van der Waals surface area contributed by atoms with Crippen LogP contribution in [-0.2, 0) is 0 Å². The van der Waals surface area contributed by atoms with Gasteiger partial charge in [-0.1, -0.05) is 6.07 Å². The summed E-state index contributed by atoms with van der Waals surface area (Å²) in [4.78, 5) is 5.42. The molecule has 0 spiro atoms. The van der Waals surface area contributed by atoms with Gasteiger partial charge in [0.05, 0.1) is 17.7 Å². The first-order valence-electron chi connectivity index (χ1n) is 8.44. The molecule has 148 valence electrons. The molecular formula is C20H14F3N3O2S. The van der Waals surface area contributed by atoms with Crippen molar-refractivity contribution in [3.63, 3.8) is 0 Å². The molecule has 0 atom stereocenters. The molecule has 3 aromatic rings.